The summed E-state index contributed by atoms with van der Waals surface area (Å²) in [5, 5.41) is 1.60. The van der Waals surface area contributed by atoms with Gasteiger partial charge in [-0.2, -0.15) is 0 Å². The van der Waals surface area contributed by atoms with E-state index in [1.54, 1.807) is 12.1 Å². The first kappa shape index (κ1) is 16.6. The molecule has 0 saturated heterocycles. The molecular formula is C17H16Cl3N3. The van der Waals surface area contributed by atoms with E-state index in [-0.39, 0.29) is 0 Å². The Labute approximate surface area is 150 Å². The SMILES string of the molecule is CN(C)Cc1nc2ccccc2n1Cc1c(Cl)ccc(Cl)c1Cl. The molecule has 0 aliphatic rings. The number of imidazole rings is 1. The molecule has 0 aliphatic carbocycles. The molecule has 1 aromatic heterocycles. The van der Waals surface area contributed by atoms with Gasteiger partial charge in [-0.15, -0.1) is 0 Å². The van der Waals surface area contributed by atoms with Gasteiger partial charge in [0.1, 0.15) is 5.82 Å². The lowest BCUT2D eigenvalue weighted by molar-refractivity contribution is 0.384. The number of nitrogens with zero attached hydrogens (tertiary/aromatic N) is 3. The molecule has 3 aromatic rings. The average molecular weight is 369 g/mol. The second-order valence-electron chi connectivity index (χ2n) is 5.66. The molecule has 0 unspecified atom stereocenters. The quantitative estimate of drug-likeness (QED) is 0.597. The number of aromatic nitrogens is 2. The highest BCUT2D eigenvalue weighted by Crippen LogP contribution is 2.33. The number of hydrogen-bond acceptors (Lipinski definition) is 2. The number of rotatable bonds is 4. The lowest BCUT2D eigenvalue weighted by atomic mass is 10.2. The zero-order chi connectivity index (χ0) is 16.6. The molecule has 0 fully saturated rings. The van der Waals surface area contributed by atoms with Gasteiger partial charge in [-0.05, 0) is 38.4 Å². The van der Waals surface area contributed by atoms with Crippen molar-refractivity contribution in [2.75, 3.05) is 14.1 Å². The molecule has 0 atom stereocenters. The maximum absolute atomic E-state index is 6.36. The van der Waals surface area contributed by atoms with Crippen molar-refractivity contribution < 1.29 is 0 Å². The fraction of sp³-hybridized carbons (Fsp3) is 0.235. The van der Waals surface area contributed by atoms with E-state index in [4.69, 9.17) is 39.8 Å². The Morgan fingerprint density at radius 1 is 1.00 bits per heavy atom. The summed E-state index contributed by atoms with van der Waals surface area (Å²) >= 11 is 18.8. The minimum atomic E-state index is 0.493. The Kier molecular flexibility index (Phi) is 4.83. The molecule has 2 aromatic carbocycles. The summed E-state index contributed by atoms with van der Waals surface area (Å²) in [6, 6.07) is 11.5. The Hall–Kier alpha value is -1.26. The van der Waals surface area contributed by atoms with Gasteiger partial charge in [-0.25, -0.2) is 4.98 Å². The second-order valence-corrected chi connectivity index (χ2v) is 6.85. The highest BCUT2D eigenvalue weighted by atomic mass is 35.5. The molecule has 0 N–H and O–H groups in total. The molecule has 120 valence electrons. The van der Waals surface area contributed by atoms with Crippen LogP contribution in [0.1, 0.15) is 11.4 Å². The normalized spacial score (nSPS) is 11.6. The van der Waals surface area contributed by atoms with Crippen LogP contribution in [0.15, 0.2) is 36.4 Å². The van der Waals surface area contributed by atoms with Crippen molar-refractivity contribution in [3.63, 3.8) is 0 Å². The molecule has 6 heteroatoms. The summed E-state index contributed by atoms with van der Waals surface area (Å²) in [5.41, 5.74) is 2.82. The van der Waals surface area contributed by atoms with Gasteiger partial charge in [-0.1, -0.05) is 46.9 Å². The maximum Gasteiger partial charge on any atom is 0.124 e. The van der Waals surface area contributed by atoms with E-state index < -0.39 is 0 Å². The average Bonchev–Trinajstić information content (AvgIpc) is 2.84. The molecule has 1 heterocycles. The largest absolute Gasteiger partial charge is 0.322 e. The van der Waals surface area contributed by atoms with Crippen molar-refractivity contribution in [1.82, 2.24) is 14.5 Å². The Bertz CT molecular complexity index is 856. The zero-order valence-corrected chi connectivity index (χ0v) is 15.1. The zero-order valence-electron chi connectivity index (χ0n) is 12.9. The highest BCUT2D eigenvalue weighted by molar-refractivity contribution is 6.44. The van der Waals surface area contributed by atoms with E-state index in [0.717, 1.165) is 29.0 Å². The van der Waals surface area contributed by atoms with Gasteiger partial charge in [0.25, 0.3) is 0 Å². The third kappa shape index (κ3) is 3.33. The minimum Gasteiger partial charge on any atom is -0.322 e. The van der Waals surface area contributed by atoms with Crippen LogP contribution < -0.4 is 0 Å². The summed E-state index contributed by atoms with van der Waals surface area (Å²) in [5.74, 6) is 0.961. The summed E-state index contributed by atoms with van der Waals surface area (Å²) in [4.78, 5) is 6.82. The van der Waals surface area contributed by atoms with Gasteiger partial charge in [-0.3, -0.25) is 0 Å². The van der Waals surface area contributed by atoms with Crippen molar-refractivity contribution in [3.05, 3.63) is 62.9 Å². The topological polar surface area (TPSA) is 21.1 Å². The van der Waals surface area contributed by atoms with E-state index in [2.05, 4.69) is 9.47 Å². The van der Waals surface area contributed by atoms with E-state index in [9.17, 15) is 0 Å². The van der Waals surface area contributed by atoms with Crippen LogP contribution >= 0.6 is 34.8 Å². The van der Waals surface area contributed by atoms with Crippen LogP contribution in [0.25, 0.3) is 11.0 Å². The van der Waals surface area contributed by atoms with Crippen molar-refractivity contribution in [3.8, 4) is 0 Å². The van der Waals surface area contributed by atoms with Crippen molar-refractivity contribution >= 4 is 45.8 Å². The van der Waals surface area contributed by atoms with Gasteiger partial charge in [0.15, 0.2) is 0 Å². The molecule has 3 rings (SSSR count). The van der Waals surface area contributed by atoms with Crippen LogP contribution in [-0.4, -0.2) is 28.5 Å². The lowest BCUT2D eigenvalue weighted by Gasteiger charge is -2.15. The molecule has 0 radical (unpaired) electrons. The lowest BCUT2D eigenvalue weighted by Crippen LogP contribution is -2.16. The first-order valence-electron chi connectivity index (χ1n) is 7.18. The van der Waals surface area contributed by atoms with Crippen LogP contribution in [-0.2, 0) is 13.1 Å². The summed E-state index contributed by atoms with van der Waals surface area (Å²) < 4.78 is 2.14. The van der Waals surface area contributed by atoms with Gasteiger partial charge < -0.3 is 9.47 Å². The molecule has 0 saturated carbocycles. The summed E-state index contributed by atoms with van der Waals surface area (Å²) in [6.45, 7) is 1.26. The van der Waals surface area contributed by atoms with Gasteiger partial charge in [0.05, 0.1) is 34.2 Å². The smallest absolute Gasteiger partial charge is 0.124 e. The van der Waals surface area contributed by atoms with Crippen molar-refractivity contribution in [2.24, 2.45) is 0 Å². The molecular weight excluding hydrogens is 353 g/mol. The highest BCUT2D eigenvalue weighted by Gasteiger charge is 2.16. The summed E-state index contributed by atoms with van der Waals surface area (Å²) in [6.07, 6.45) is 0. The van der Waals surface area contributed by atoms with Crippen LogP contribution in [0.3, 0.4) is 0 Å². The van der Waals surface area contributed by atoms with Crippen molar-refractivity contribution in [2.45, 2.75) is 13.1 Å². The Morgan fingerprint density at radius 2 is 1.70 bits per heavy atom. The Balaban J connectivity index is 2.14. The second kappa shape index (κ2) is 6.70. The van der Waals surface area contributed by atoms with Gasteiger partial charge in [0.2, 0.25) is 0 Å². The van der Waals surface area contributed by atoms with Crippen LogP contribution in [0.5, 0.6) is 0 Å². The minimum absolute atomic E-state index is 0.493. The van der Waals surface area contributed by atoms with E-state index in [1.807, 2.05) is 38.4 Å². The fourth-order valence-electron chi connectivity index (χ4n) is 2.58. The van der Waals surface area contributed by atoms with Crippen LogP contribution in [0, 0.1) is 0 Å². The fourth-order valence-corrected chi connectivity index (χ4v) is 3.24. The monoisotopic (exact) mass is 367 g/mol. The maximum atomic E-state index is 6.36. The summed E-state index contributed by atoms with van der Waals surface area (Å²) in [7, 11) is 4.03. The number of para-hydroxylation sites is 2. The van der Waals surface area contributed by atoms with Gasteiger partial charge in [0, 0.05) is 10.6 Å². The van der Waals surface area contributed by atoms with E-state index in [0.29, 0.717) is 21.6 Å². The molecule has 0 aliphatic heterocycles. The van der Waals surface area contributed by atoms with E-state index in [1.165, 1.54) is 0 Å². The van der Waals surface area contributed by atoms with Crippen LogP contribution in [0.2, 0.25) is 15.1 Å². The first-order valence-corrected chi connectivity index (χ1v) is 8.32. The standard InChI is InChI=1S/C17H16Cl3N3/c1-22(2)10-16-21-14-5-3-4-6-15(14)23(16)9-11-12(18)7-8-13(19)17(11)20/h3-8H,9-10H2,1-2H3. The van der Waals surface area contributed by atoms with Gasteiger partial charge >= 0.3 is 0 Å². The predicted octanol–water partition coefficient (Wildman–Crippen LogP) is 5.11. The van der Waals surface area contributed by atoms with Crippen molar-refractivity contribution in [1.29, 1.82) is 0 Å². The number of halogens is 3. The molecule has 0 bridgehead atoms. The number of fused-ring (bicyclic) bond motifs is 1. The number of benzene rings is 2. The van der Waals surface area contributed by atoms with Crippen LogP contribution in [0.4, 0.5) is 0 Å². The third-order valence-corrected chi connectivity index (χ3v) is 4.84. The van der Waals surface area contributed by atoms with E-state index >= 15 is 0 Å². The first-order chi connectivity index (χ1) is 11.0. The molecule has 3 nitrogen and oxygen atoms in total. The third-order valence-electron chi connectivity index (χ3n) is 3.65. The molecule has 23 heavy (non-hydrogen) atoms. The number of hydrogen-bond donors (Lipinski definition) is 0. The molecule has 0 amide bonds. The Morgan fingerprint density at radius 3 is 2.43 bits per heavy atom. The predicted molar refractivity (Wildman–Crippen MR) is 97.7 cm³/mol. The molecule has 0 spiro atoms.